The van der Waals surface area contributed by atoms with Gasteiger partial charge in [0, 0.05) is 35.3 Å². The molecule has 0 amide bonds. The van der Waals surface area contributed by atoms with Gasteiger partial charge in [0.15, 0.2) is 0 Å². The zero-order valence-corrected chi connectivity index (χ0v) is 13.6. The minimum Gasteiger partial charge on any atom is -0.396 e. The van der Waals surface area contributed by atoms with E-state index in [4.69, 9.17) is 0 Å². The van der Waals surface area contributed by atoms with Crippen molar-refractivity contribution in [2.75, 3.05) is 6.61 Å². The highest BCUT2D eigenvalue weighted by molar-refractivity contribution is 7.19. The van der Waals surface area contributed by atoms with Crippen LogP contribution in [0.25, 0.3) is 10.1 Å². The fourth-order valence-electron chi connectivity index (χ4n) is 3.59. The quantitative estimate of drug-likeness (QED) is 0.857. The molecule has 0 aromatic carbocycles. The molecule has 3 rings (SSSR count). The van der Waals surface area contributed by atoms with E-state index in [1.807, 2.05) is 23.7 Å². The second-order valence-corrected chi connectivity index (χ2v) is 7.77. The van der Waals surface area contributed by atoms with Crippen LogP contribution < -0.4 is 5.32 Å². The molecule has 3 nitrogen and oxygen atoms in total. The standard InChI is InChI=1S/C17H24N2OS/c1-12(2)16(17(11-20)5-3-6-17)19-9-14-8-13-4-7-18-10-15(13)21-14/h4,7-8,10,12,16,19-20H,3,5-6,9,11H2,1-2H3. The number of aromatic nitrogens is 1. The fraction of sp³-hybridized carbons (Fsp3) is 0.588. The molecule has 1 unspecified atom stereocenters. The van der Waals surface area contributed by atoms with Crippen molar-refractivity contribution < 1.29 is 5.11 Å². The largest absolute Gasteiger partial charge is 0.396 e. The average Bonchev–Trinajstić information content (AvgIpc) is 2.83. The monoisotopic (exact) mass is 304 g/mol. The third kappa shape index (κ3) is 2.85. The number of nitrogens with one attached hydrogen (secondary N) is 1. The van der Waals surface area contributed by atoms with Crippen LogP contribution in [0.1, 0.15) is 38.0 Å². The van der Waals surface area contributed by atoms with Crippen LogP contribution in [-0.2, 0) is 6.54 Å². The molecule has 1 aliphatic carbocycles. The zero-order valence-electron chi connectivity index (χ0n) is 12.8. The first kappa shape index (κ1) is 14.9. The minimum atomic E-state index is 0.104. The predicted octanol–water partition coefficient (Wildman–Crippen LogP) is 3.57. The van der Waals surface area contributed by atoms with Crippen LogP contribution >= 0.6 is 11.3 Å². The maximum atomic E-state index is 9.82. The molecule has 21 heavy (non-hydrogen) atoms. The van der Waals surface area contributed by atoms with Gasteiger partial charge in [-0.2, -0.15) is 0 Å². The molecule has 2 heterocycles. The fourth-order valence-corrected chi connectivity index (χ4v) is 4.58. The van der Waals surface area contributed by atoms with Gasteiger partial charge in [-0.25, -0.2) is 0 Å². The molecule has 114 valence electrons. The Hall–Kier alpha value is -0.970. The normalized spacial score (nSPS) is 18.9. The highest BCUT2D eigenvalue weighted by Crippen LogP contribution is 2.45. The second-order valence-electron chi connectivity index (χ2n) is 6.60. The van der Waals surface area contributed by atoms with Crippen molar-refractivity contribution in [1.29, 1.82) is 0 Å². The molecule has 0 aliphatic heterocycles. The number of fused-ring (bicyclic) bond motifs is 1. The van der Waals surface area contributed by atoms with Gasteiger partial charge in [0.2, 0.25) is 0 Å². The van der Waals surface area contributed by atoms with Crippen molar-refractivity contribution in [2.45, 2.75) is 45.7 Å². The second kappa shape index (κ2) is 6.03. The number of hydrogen-bond acceptors (Lipinski definition) is 4. The van der Waals surface area contributed by atoms with E-state index in [2.05, 4.69) is 36.3 Å². The number of nitrogens with zero attached hydrogens (tertiary/aromatic N) is 1. The number of thiophene rings is 1. The maximum Gasteiger partial charge on any atom is 0.0529 e. The van der Waals surface area contributed by atoms with Crippen molar-refractivity contribution in [3.05, 3.63) is 29.4 Å². The molecule has 0 saturated heterocycles. The van der Waals surface area contributed by atoms with Gasteiger partial charge < -0.3 is 10.4 Å². The van der Waals surface area contributed by atoms with Crippen LogP contribution in [-0.4, -0.2) is 22.7 Å². The summed E-state index contributed by atoms with van der Waals surface area (Å²) in [7, 11) is 0. The van der Waals surface area contributed by atoms with E-state index < -0.39 is 0 Å². The highest BCUT2D eigenvalue weighted by Gasteiger charge is 2.44. The van der Waals surface area contributed by atoms with Gasteiger partial charge in [-0.3, -0.25) is 4.98 Å². The van der Waals surface area contributed by atoms with Gasteiger partial charge in [0.1, 0.15) is 0 Å². The van der Waals surface area contributed by atoms with Crippen molar-refractivity contribution in [2.24, 2.45) is 11.3 Å². The summed E-state index contributed by atoms with van der Waals surface area (Å²) >= 11 is 1.81. The predicted molar refractivity (Wildman–Crippen MR) is 88.5 cm³/mol. The summed E-state index contributed by atoms with van der Waals surface area (Å²) in [6.45, 7) is 5.69. The third-order valence-electron chi connectivity index (χ3n) is 4.86. The molecular formula is C17H24N2OS. The summed E-state index contributed by atoms with van der Waals surface area (Å²) in [4.78, 5) is 5.53. The first-order valence-corrected chi connectivity index (χ1v) is 8.63. The van der Waals surface area contributed by atoms with Crippen LogP contribution in [0.5, 0.6) is 0 Å². The summed E-state index contributed by atoms with van der Waals surface area (Å²) in [5.41, 5.74) is 0.104. The number of rotatable bonds is 6. The molecule has 0 radical (unpaired) electrons. The lowest BCUT2D eigenvalue weighted by atomic mass is 9.62. The van der Waals surface area contributed by atoms with Gasteiger partial charge in [0.05, 0.1) is 11.3 Å². The number of hydrogen-bond donors (Lipinski definition) is 2. The SMILES string of the molecule is CC(C)C(NCc1cc2ccncc2s1)C1(CO)CCC1. The molecular weight excluding hydrogens is 280 g/mol. The summed E-state index contributed by atoms with van der Waals surface area (Å²) in [6, 6.07) is 4.70. The summed E-state index contributed by atoms with van der Waals surface area (Å²) in [5, 5.41) is 14.8. The lowest BCUT2D eigenvalue weighted by molar-refractivity contribution is -0.00998. The highest BCUT2D eigenvalue weighted by atomic mass is 32.1. The molecule has 2 aromatic rings. The first-order valence-electron chi connectivity index (χ1n) is 7.81. The molecule has 2 aromatic heterocycles. The Morgan fingerprint density at radius 3 is 2.81 bits per heavy atom. The summed E-state index contributed by atoms with van der Waals surface area (Å²) < 4.78 is 1.25. The Morgan fingerprint density at radius 1 is 1.43 bits per heavy atom. The lowest BCUT2D eigenvalue weighted by Crippen LogP contribution is -2.54. The van der Waals surface area contributed by atoms with Crippen LogP contribution in [0.3, 0.4) is 0 Å². The lowest BCUT2D eigenvalue weighted by Gasteiger charge is -2.48. The zero-order chi connectivity index (χ0) is 14.9. The Labute approximate surface area is 130 Å². The molecule has 2 N–H and O–H groups in total. The topological polar surface area (TPSA) is 45.2 Å². The molecule has 1 saturated carbocycles. The van der Waals surface area contributed by atoms with Gasteiger partial charge >= 0.3 is 0 Å². The van der Waals surface area contributed by atoms with E-state index in [-0.39, 0.29) is 5.41 Å². The van der Waals surface area contributed by atoms with Crippen LogP contribution in [0, 0.1) is 11.3 Å². The van der Waals surface area contributed by atoms with Crippen molar-refractivity contribution in [3.8, 4) is 0 Å². The third-order valence-corrected chi connectivity index (χ3v) is 5.95. The molecule has 1 fully saturated rings. The first-order chi connectivity index (χ1) is 10.1. The van der Waals surface area contributed by atoms with E-state index in [1.54, 1.807) is 0 Å². The smallest absolute Gasteiger partial charge is 0.0529 e. The Kier molecular flexibility index (Phi) is 4.29. The molecule has 1 atom stereocenters. The molecule has 0 spiro atoms. The maximum absolute atomic E-state index is 9.82. The Bertz CT molecular complexity index is 565. The van der Waals surface area contributed by atoms with Gasteiger partial charge in [-0.05, 0) is 36.3 Å². The van der Waals surface area contributed by atoms with Gasteiger partial charge in [-0.15, -0.1) is 11.3 Å². The van der Waals surface area contributed by atoms with E-state index in [0.717, 1.165) is 19.4 Å². The summed E-state index contributed by atoms with van der Waals surface area (Å²) in [6.07, 6.45) is 7.33. The average molecular weight is 304 g/mol. The number of pyridine rings is 1. The number of aliphatic hydroxyl groups excluding tert-OH is 1. The van der Waals surface area contributed by atoms with Crippen molar-refractivity contribution in [3.63, 3.8) is 0 Å². The van der Waals surface area contributed by atoms with Crippen LogP contribution in [0.4, 0.5) is 0 Å². The van der Waals surface area contributed by atoms with E-state index in [1.165, 1.54) is 21.4 Å². The van der Waals surface area contributed by atoms with Crippen LogP contribution in [0.2, 0.25) is 0 Å². The van der Waals surface area contributed by atoms with Crippen molar-refractivity contribution in [1.82, 2.24) is 10.3 Å². The molecule has 0 bridgehead atoms. The minimum absolute atomic E-state index is 0.104. The van der Waals surface area contributed by atoms with E-state index >= 15 is 0 Å². The molecule has 1 aliphatic rings. The summed E-state index contributed by atoms with van der Waals surface area (Å²) in [5.74, 6) is 0.536. The van der Waals surface area contributed by atoms with Crippen molar-refractivity contribution >= 4 is 21.4 Å². The number of aliphatic hydroxyl groups is 1. The molecule has 4 heteroatoms. The Balaban J connectivity index is 1.72. The van der Waals surface area contributed by atoms with Gasteiger partial charge in [0.25, 0.3) is 0 Å². The van der Waals surface area contributed by atoms with E-state index in [9.17, 15) is 5.11 Å². The Morgan fingerprint density at radius 2 is 2.24 bits per heavy atom. The van der Waals surface area contributed by atoms with Crippen LogP contribution in [0.15, 0.2) is 24.5 Å². The van der Waals surface area contributed by atoms with E-state index in [0.29, 0.717) is 18.6 Å². The van der Waals surface area contributed by atoms with Gasteiger partial charge in [-0.1, -0.05) is 20.3 Å².